The van der Waals surface area contributed by atoms with Gasteiger partial charge in [-0.05, 0) is 66.9 Å². The maximum absolute atomic E-state index is 13.0. The van der Waals surface area contributed by atoms with E-state index in [1.54, 1.807) is 72.2 Å². The average molecular weight is 585 g/mol. The molecule has 0 aliphatic carbocycles. The van der Waals surface area contributed by atoms with Gasteiger partial charge in [0.2, 0.25) is 0 Å². The minimum atomic E-state index is -0.836. The third-order valence-corrected chi connectivity index (χ3v) is 5.79. The Labute approximate surface area is 229 Å². The Kier molecular flexibility index (Phi) is 11.6. The lowest BCUT2D eigenvalue weighted by Crippen LogP contribution is -2.31. The van der Waals surface area contributed by atoms with Crippen LogP contribution >= 0.6 is 15.9 Å². The van der Waals surface area contributed by atoms with Gasteiger partial charge in [0.05, 0.1) is 6.61 Å². The Morgan fingerprint density at radius 3 is 2.32 bits per heavy atom. The fraction of sp³-hybridized carbons (Fsp3) is 0.214. The molecule has 0 aliphatic rings. The first-order chi connectivity index (χ1) is 18.5. The van der Waals surface area contributed by atoms with Crippen molar-refractivity contribution in [3.63, 3.8) is 0 Å². The maximum atomic E-state index is 13.0. The van der Waals surface area contributed by atoms with Gasteiger partial charge in [-0.3, -0.25) is 15.3 Å². The van der Waals surface area contributed by atoms with E-state index < -0.39 is 24.2 Å². The smallest absolute Gasteiger partial charge is 0.412 e. The van der Waals surface area contributed by atoms with Crippen molar-refractivity contribution < 1.29 is 34.1 Å². The van der Waals surface area contributed by atoms with E-state index in [1.807, 2.05) is 18.2 Å². The molecular weight excluding hydrogens is 556 g/mol. The SMILES string of the molecule is O=C(/C=C/CC[C@@H](Oc1ccccc1)[C@H](OC(=O)Nc1ccc(Br)cc1)c1ccc(OCCO)cc1)NO. The molecule has 3 rings (SSSR count). The lowest BCUT2D eigenvalue weighted by molar-refractivity contribution is -0.124. The van der Waals surface area contributed by atoms with E-state index in [0.29, 0.717) is 35.6 Å². The van der Waals surface area contributed by atoms with E-state index in [-0.39, 0.29) is 13.2 Å². The summed E-state index contributed by atoms with van der Waals surface area (Å²) < 4.78 is 18.5. The summed E-state index contributed by atoms with van der Waals surface area (Å²) in [5.41, 5.74) is 2.77. The fourth-order valence-corrected chi connectivity index (χ4v) is 3.77. The van der Waals surface area contributed by atoms with E-state index in [9.17, 15) is 9.59 Å². The summed E-state index contributed by atoms with van der Waals surface area (Å²) in [7, 11) is 0. The normalized spacial score (nSPS) is 12.4. The van der Waals surface area contributed by atoms with E-state index in [2.05, 4.69) is 21.2 Å². The maximum Gasteiger partial charge on any atom is 0.412 e. The van der Waals surface area contributed by atoms with Crippen molar-refractivity contribution in [2.24, 2.45) is 0 Å². The zero-order valence-electron chi connectivity index (χ0n) is 20.5. The number of benzene rings is 3. The van der Waals surface area contributed by atoms with Crippen LogP contribution in [0.25, 0.3) is 0 Å². The van der Waals surface area contributed by atoms with Gasteiger partial charge in [-0.1, -0.05) is 52.3 Å². The number of halogens is 1. The van der Waals surface area contributed by atoms with Crippen molar-refractivity contribution in [2.75, 3.05) is 18.5 Å². The molecule has 0 aliphatic heterocycles. The summed E-state index contributed by atoms with van der Waals surface area (Å²) >= 11 is 3.37. The van der Waals surface area contributed by atoms with E-state index >= 15 is 0 Å². The first-order valence-electron chi connectivity index (χ1n) is 11.9. The molecule has 3 aromatic carbocycles. The molecule has 2 amide bonds. The van der Waals surface area contributed by atoms with Crippen LogP contribution in [0, 0.1) is 0 Å². The molecule has 0 aromatic heterocycles. The first kappa shape index (κ1) is 28.7. The van der Waals surface area contributed by atoms with Gasteiger partial charge < -0.3 is 19.3 Å². The number of allylic oxidation sites excluding steroid dienone is 1. The molecule has 0 saturated heterocycles. The van der Waals surface area contributed by atoms with Gasteiger partial charge in [0.1, 0.15) is 24.2 Å². The molecule has 0 bridgehead atoms. The van der Waals surface area contributed by atoms with Crippen LogP contribution in [0.3, 0.4) is 0 Å². The van der Waals surface area contributed by atoms with Crippen LogP contribution in [0.5, 0.6) is 11.5 Å². The van der Waals surface area contributed by atoms with Crippen molar-refractivity contribution >= 4 is 33.6 Å². The molecule has 38 heavy (non-hydrogen) atoms. The first-order valence-corrected chi connectivity index (χ1v) is 12.7. The molecule has 0 unspecified atom stereocenters. The monoisotopic (exact) mass is 584 g/mol. The number of anilines is 1. The van der Waals surface area contributed by atoms with E-state index in [0.717, 1.165) is 4.47 Å². The fourth-order valence-electron chi connectivity index (χ4n) is 3.51. The second-order valence-electron chi connectivity index (χ2n) is 8.02. The second-order valence-corrected chi connectivity index (χ2v) is 8.94. The number of rotatable bonds is 13. The highest BCUT2D eigenvalue weighted by Gasteiger charge is 2.29. The highest BCUT2D eigenvalue weighted by molar-refractivity contribution is 9.10. The summed E-state index contributed by atoms with van der Waals surface area (Å²) in [6.07, 6.45) is 1.44. The number of aliphatic hydroxyl groups is 1. The number of hydrogen-bond acceptors (Lipinski definition) is 7. The summed E-state index contributed by atoms with van der Waals surface area (Å²) in [5, 5.41) is 20.5. The quantitative estimate of drug-likeness (QED) is 0.120. The van der Waals surface area contributed by atoms with Crippen molar-refractivity contribution in [3.8, 4) is 11.5 Å². The van der Waals surface area contributed by atoms with Gasteiger partial charge in [0.25, 0.3) is 5.91 Å². The highest BCUT2D eigenvalue weighted by atomic mass is 79.9. The van der Waals surface area contributed by atoms with Crippen LogP contribution in [0.15, 0.2) is 95.5 Å². The molecule has 0 radical (unpaired) electrons. The highest BCUT2D eigenvalue weighted by Crippen LogP contribution is 2.30. The number of carbonyl (C=O) groups is 2. The van der Waals surface area contributed by atoms with Gasteiger partial charge in [0, 0.05) is 16.2 Å². The van der Waals surface area contributed by atoms with Gasteiger partial charge in [0.15, 0.2) is 6.10 Å². The minimum Gasteiger partial charge on any atom is -0.491 e. The number of ether oxygens (including phenoxy) is 3. The van der Waals surface area contributed by atoms with Crippen LogP contribution in [0.2, 0.25) is 0 Å². The van der Waals surface area contributed by atoms with Gasteiger partial charge >= 0.3 is 6.09 Å². The van der Waals surface area contributed by atoms with E-state index in [4.69, 9.17) is 24.5 Å². The number of amides is 2. The van der Waals surface area contributed by atoms with Crippen molar-refractivity contribution in [1.82, 2.24) is 5.48 Å². The summed E-state index contributed by atoms with van der Waals surface area (Å²) in [6.45, 7) is 0.0426. The number of carbonyl (C=O) groups excluding carboxylic acids is 2. The molecule has 0 saturated carbocycles. The second kappa shape index (κ2) is 15.4. The summed E-state index contributed by atoms with van der Waals surface area (Å²) in [6, 6.07) is 23.2. The molecule has 0 fully saturated rings. The Morgan fingerprint density at radius 1 is 0.947 bits per heavy atom. The molecular formula is C28H29BrN2O7. The molecule has 200 valence electrons. The van der Waals surface area contributed by atoms with Crippen molar-refractivity contribution in [1.29, 1.82) is 0 Å². The Hall–Kier alpha value is -3.86. The number of hydroxylamine groups is 1. The molecule has 4 N–H and O–H groups in total. The zero-order chi connectivity index (χ0) is 27.2. The third-order valence-electron chi connectivity index (χ3n) is 5.26. The molecule has 9 nitrogen and oxygen atoms in total. The molecule has 10 heteroatoms. The molecule has 0 heterocycles. The Balaban J connectivity index is 1.87. The number of hydrogen-bond donors (Lipinski definition) is 4. The zero-order valence-corrected chi connectivity index (χ0v) is 22.0. The van der Waals surface area contributed by atoms with Gasteiger partial charge in [-0.15, -0.1) is 0 Å². The molecule has 3 aromatic rings. The van der Waals surface area contributed by atoms with Crippen LogP contribution in [-0.2, 0) is 9.53 Å². The molecule has 2 atom stereocenters. The molecule has 0 spiro atoms. The Morgan fingerprint density at radius 2 is 1.66 bits per heavy atom. The van der Waals surface area contributed by atoms with Crippen LogP contribution in [0.4, 0.5) is 10.5 Å². The number of nitrogens with one attached hydrogen (secondary N) is 2. The van der Waals surface area contributed by atoms with Crippen LogP contribution < -0.4 is 20.3 Å². The largest absolute Gasteiger partial charge is 0.491 e. The van der Waals surface area contributed by atoms with Crippen molar-refractivity contribution in [2.45, 2.75) is 25.0 Å². The van der Waals surface area contributed by atoms with E-state index in [1.165, 1.54) is 6.08 Å². The Bertz CT molecular complexity index is 1170. The topological polar surface area (TPSA) is 126 Å². The summed E-state index contributed by atoms with van der Waals surface area (Å²) in [4.78, 5) is 24.3. The van der Waals surface area contributed by atoms with Gasteiger partial charge in [-0.25, -0.2) is 10.3 Å². The number of aliphatic hydroxyl groups excluding tert-OH is 1. The lowest BCUT2D eigenvalue weighted by atomic mass is 10.00. The van der Waals surface area contributed by atoms with Gasteiger partial charge in [-0.2, -0.15) is 0 Å². The van der Waals surface area contributed by atoms with Crippen molar-refractivity contribution in [3.05, 3.63) is 101 Å². The predicted octanol–water partition coefficient (Wildman–Crippen LogP) is 5.40. The third kappa shape index (κ3) is 9.55. The average Bonchev–Trinajstić information content (AvgIpc) is 2.94. The van der Waals surface area contributed by atoms with Crippen LogP contribution in [0.1, 0.15) is 24.5 Å². The summed E-state index contributed by atoms with van der Waals surface area (Å²) in [5.74, 6) is 0.490. The standard InChI is InChI=1S/C28H29BrN2O7/c29-21-12-14-22(15-13-21)30-28(34)38-27(20-10-16-23(17-11-20)36-19-18-32)25(8-4-5-9-26(33)31-35)37-24-6-2-1-3-7-24/h1-3,5-7,9-17,25,27,32,35H,4,8,18-19H2,(H,30,34)(H,31,33)/b9-5+/t25-,27-/m1/s1. The minimum absolute atomic E-state index is 0.113. The lowest BCUT2D eigenvalue weighted by Gasteiger charge is -2.28. The predicted molar refractivity (Wildman–Crippen MR) is 145 cm³/mol. The number of para-hydroxylation sites is 1. The van der Waals surface area contributed by atoms with Crippen LogP contribution in [-0.4, -0.2) is 41.6 Å².